The highest BCUT2D eigenvalue weighted by molar-refractivity contribution is 9.10. The number of alkyl carbamates (subject to hydrolysis) is 1. The number of ether oxygens (including phenoxy) is 1. The fourth-order valence-electron chi connectivity index (χ4n) is 1.56. The number of rotatable bonds is 1. The SMILES string of the molecule is O=C1N[C@H](c2cc(Br)ccc2O)CCO1. The molecule has 0 radical (unpaired) electrons. The van der Waals surface area contributed by atoms with Crippen molar-refractivity contribution in [2.75, 3.05) is 6.61 Å². The molecule has 0 saturated carbocycles. The van der Waals surface area contributed by atoms with Crippen LogP contribution >= 0.6 is 15.9 Å². The van der Waals surface area contributed by atoms with E-state index in [0.717, 1.165) is 4.47 Å². The molecule has 1 fully saturated rings. The van der Waals surface area contributed by atoms with Crippen molar-refractivity contribution in [3.63, 3.8) is 0 Å². The smallest absolute Gasteiger partial charge is 0.407 e. The summed E-state index contributed by atoms with van der Waals surface area (Å²) in [7, 11) is 0. The first kappa shape index (κ1) is 10.3. The summed E-state index contributed by atoms with van der Waals surface area (Å²) in [5.74, 6) is 0.186. The molecule has 1 aromatic rings. The number of hydrogen-bond donors (Lipinski definition) is 2. The molecule has 0 spiro atoms. The number of amides is 1. The summed E-state index contributed by atoms with van der Waals surface area (Å²) < 4.78 is 5.63. The Morgan fingerprint density at radius 3 is 3.07 bits per heavy atom. The van der Waals surface area contributed by atoms with Crippen molar-refractivity contribution in [2.24, 2.45) is 0 Å². The van der Waals surface area contributed by atoms with Gasteiger partial charge in [-0.2, -0.15) is 0 Å². The highest BCUT2D eigenvalue weighted by Crippen LogP contribution is 2.30. The molecule has 1 aromatic carbocycles. The van der Waals surface area contributed by atoms with Gasteiger partial charge in [-0.05, 0) is 18.2 Å². The van der Waals surface area contributed by atoms with Gasteiger partial charge in [0.25, 0.3) is 0 Å². The van der Waals surface area contributed by atoms with Crippen LogP contribution in [0.1, 0.15) is 18.0 Å². The van der Waals surface area contributed by atoms with E-state index in [-0.39, 0.29) is 11.8 Å². The molecular weight excluding hydrogens is 262 g/mol. The standard InChI is InChI=1S/C10H10BrNO3/c11-6-1-2-9(13)7(5-6)8-3-4-15-10(14)12-8/h1-2,5,8,13H,3-4H2,(H,12,14)/t8-/m0/s1. The Bertz CT molecular complexity index is 394. The van der Waals surface area contributed by atoms with Crippen LogP contribution < -0.4 is 5.32 Å². The van der Waals surface area contributed by atoms with Crippen molar-refractivity contribution in [3.8, 4) is 5.75 Å². The van der Waals surface area contributed by atoms with Gasteiger partial charge in [-0.15, -0.1) is 0 Å². The second-order valence-electron chi connectivity index (χ2n) is 3.32. The molecule has 4 nitrogen and oxygen atoms in total. The van der Waals surface area contributed by atoms with E-state index in [9.17, 15) is 9.90 Å². The molecule has 1 saturated heterocycles. The number of aromatic hydroxyl groups is 1. The normalized spacial score (nSPS) is 20.6. The number of halogens is 1. The van der Waals surface area contributed by atoms with E-state index in [1.165, 1.54) is 0 Å². The molecule has 0 aliphatic carbocycles. The van der Waals surface area contributed by atoms with Crippen molar-refractivity contribution in [3.05, 3.63) is 28.2 Å². The molecule has 5 heteroatoms. The predicted octanol–water partition coefficient (Wildman–Crippen LogP) is 2.33. The van der Waals surface area contributed by atoms with Crippen LogP contribution in [0.15, 0.2) is 22.7 Å². The summed E-state index contributed by atoms with van der Waals surface area (Å²) in [5.41, 5.74) is 0.709. The molecule has 1 amide bonds. The van der Waals surface area contributed by atoms with E-state index < -0.39 is 6.09 Å². The number of nitrogens with one attached hydrogen (secondary N) is 1. The summed E-state index contributed by atoms with van der Waals surface area (Å²) in [6.45, 7) is 0.377. The lowest BCUT2D eigenvalue weighted by molar-refractivity contribution is 0.115. The first-order chi connectivity index (χ1) is 7.16. The van der Waals surface area contributed by atoms with Crippen LogP contribution in [0.4, 0.5) is 4.79 Å². The van der Waals surface area contributed by atoms with Gasteiger partial charge in [-0.1, -0.05) is 15.9 Å². The highest BCUT2D eigenvalue weighted by atomic mass is 79.9. The van der Waals surface area contributed by atoms with Crippen LogP contribution in [0.5, 0.6) is 5.75 Å². The van der Waals surface area contributed by atoms with Crippen LogP contribution in [0.3, 0.4) is 0 Å². The van der Waals surface area contributed by atoms with Crippen LogP contribution in [-0.4, -0.2) is 17.8 Å². The maximum atomic E-state index is 11.0. The summed E-state index contributed by atoms with van der Waals surface area (Å²) in [4.78, 5) is 11.0. The number of phenolic OH excluding ortho intramolecular Hbond substituents is 1. The maximum Gasteiger partial charge on any atom is 0.407 e. The van der Waals surface area contributed by atoms with Gasteiger partial charge >= 0.3 is 6.09 Å². The first-order valence-electron chi connectivity index (χ1n) is 4.58. The maximum absolute atomic E-state index is 11.0. The molecule has 1 atom stereocenters. The van der Waals surface area contributed by atoms with Gasteiger partial charge in [0.05, 0.1) is 12.6 Å². The Kier molecular flexibility index (Phi) is 2.81. The lowest BCUT2D eigenvalue weighted by Gasteiger charge is -2.24. The minimum atomic E-state index is -0.439. The van der Waals surface area contributed by atoms with Crippen LogP contribution in [-0.2, 0) is 4.74 Å². The molecule has 2 rings (SSSR count). The average Bonchev–Trinajstić information content (AvgIpc) is 2.22. The third-order valence-corrected chi connectivity index (χ3v) is 2.79. The largest absolute Gasteiger partial charge is 0.508 e. The number of cyclic esters (lactones) is 1. The van der Waals surface area contributed by atoms with E-state index in [0.29, 0.717) is 18.6 Å². The van der Waals surface area contributed by atoms with E-state index in [4.69, 9.17) is 4.74 Å². The molecule has 1 aliphatic heterocycles. The van der Waals surface area contributed by atoms with Gasteiger partial charge < -0.3 is 15.2 Å². The van der Waals surface area contributed by atoms with Gasteiger partial charge in [-0.3, -0.25) is 0 Å². The van der Waals surface area contributed by atoms with E-state index in [1.807, 2.05) is 0 Å². The fraction of sp³-hybridized carbons (Fsp3) is 0.300. The lowest BCUT2D eigenvalue weighted by Crippen LogP contribution is -2.35. The van der Waals surface area contributed by atoms with Crippen LogP contribution in [0, 0.1) is 0 Å². The average molecular weight is 272 g/mol. The summed E-state index contributed by atoms with van der Waals surface area (Å²) in [5, 5.41) is 12.3. The number of hydrogen-bond acceptors (Lipinski definition) is 3. The van der Waals surface area contributed by atoms with Crippen molar-refractivity contribution in [2.45, 2.75) is 12.5 Å². The van der Waals surface area contributed by atoms with Crippen molar-refractivity contribution in [1.82, 2.24) is 5.32 Å². The molecule has 2 N–H and O–H groups in total. The second-order valence-corrected chi connectivity index (χ2v) is 4.24. The Morgan fingerprint density at radius 1 is 1.53 bits per heavy atom. The topological polar surface area (TPSA) is 58.6 Å². The van der Waals surface area contributed by atoms with E-state index in [1.54, 1.807) is 18.2 Å². The first-order valence-corrected chi connectivity index (χ1v) is 5.38. The van der Waals surface area contributed by atoms with Crippen molar-refractivity contribution in [1.29, 1.82) is 0 Å². The Hall–Kier alpha value is -1.23. The summed E-state index contributed by atoms with van der Waals surface area (Å²) in [6.07, 6.45) is 0.223. The highest BCUT2D eigenvalue weighted by Gasteiger charge is 2.23. The van der Waals surface area contributed by atoms with Gasteiger partial charge in [0.1, 0.15) is 5.75 Å². The number of phenols is 1. The zero-order valence-corrected chi connectivity index (χ0v) is 9.45. The van der Waals surface area contributed by atoms with E-state index >= 15 is 0 Å². The molecule has 0 bridgehead atoms. The van der Waals surface area contributed by atoms with Crippen molar-refractivity contribution < 1.29 is 14.6 Å². The number of carbonyl (C=O) groups is 1. The van der Waals surface area contributed by atoms with Gasteiger partial charge in [-0.25, -0.2) is 4.79 Å². The van der Waals surface area contributed by atoms with Crippen LogP contribution in [0.2, 0.25) is 0 Å². The molecule has 80 valence electrons. The molecule has 0 unspecified atom stereocenters. The Morgan fingerprint density at radius 2 is 2.33 bits per heavy atom. The molecule has 1 heterocycles. The zero-order valence-electron chi connectivity index (χ0n) is 7.87. The van der Waals surface area contributed by atoms with Gasteiger partial charge in [0.15, 0.2) is 0 Å². The molecule has 1 aliphatic rings. The van der Waals surface area contributed by atoms with Crippen LogP contribution in [0.25, 0.3) is 0 Å². The molecule has 0 aromatic heterocycles. The minimum absolute atomic E-state index is 0.177. The number of benzene rings is 1. The van der Waals surface area contributed by atoms with Gasteiger partial charge in [0, 0.05) is 16.5 Å². The third kappa shape index (κ3) is 2.23. The Balaban J connectivity index is 2.27. The summed E-state index contributed by atoms with van der Waals surface area (Å²) in [6, 6.07) is 4.97. The third-order valence-electron chi connectivity index (χ3n) is 2.30. The molecule has 15 heavy (non-hydrogen) atoms. The summed E-state index contributed by atoms with van der Waals surface area (Å²) >= 11 is 3.32. The number of carbonyl (C=O) groups excluding carboxylic acids is 1. The lowest BCUT2D eigenvalue weighted by atomic mass is 10.0. The second kappa shape index (κ2) is 4.10. The fourth-order valence-corrected chi connectivity index (χ4v) is 1.94. The monoisotopic (exact) mass is 271 g/mol. The quantitative estimate of drug-likeness (QED) is 0.824. The molecular formula is C10H10BrNO3. The zero-order chi connectivity index (χ0) is 10.8. The van der Waals surface area contributed by atoms with E-state index in [2.05, 4.69) is 21.2 Å². The van der Waals surface area contributed by atoms with Gasteiger partial charge in [0.2, 0.25) is 0 Å². The minimum Gasteiger partial charge on any atom is -0.508 e. The Labute approximate surface area is 95.4 Å². The van der Waals surface area contributed by atoms with Crippen molar-refractivity contribution >= 4 is 22.0 Å². The predicted molar refractivity (Wildman–Crippen MR) is 57.6 cm³/mol.